The second-order valence-electron chi connectivity index (χ2n) is 7.36. The summed E-state index contributed by atoms with van der Waals surface area (Å²) >= 11 is 0. The molecule has 2 rings (SSSR count). The number of nitrogens with one attached hydrogen (secondary N) is 1. The van der Waals surface area contributed by atoms with Gasteiger partial charge in [-0.15, -0.1) is 0 Å². The van der Waals surface area contributed by atoms with Crippen LogP contribution in [0.15, 0.2) is 12.1 Å². The maximum atomic E-state index is 13.1. The first kappa shape index (κ1) is 20.8. The van der Waals surface area contributed by atoms with Crippen molar-refractivity contribution in [3.8, 4) is 11.5 Å². The van der Waals surface area contributed by atoms with E-state index in [4.69, 9.17) is 14.2 Å². The third-order valence-corrected chi connectivity index (χ3v) is 4.24. The van der Waals surface area contributed by atoms with Crippen molar-refractivity contribution in [1.29, 1.82) is 0 Å². The van der Waals surface area contributed by atoms with E-state index in [1.54, 1.807) is 25.7 Å². The van der Waals surface area contributed by atoms with Crippen LogP contribution < -0.4 is 14.8 Å². The number of ether oxygens (including phenoxy) is 3. The monoisotopic (exact) mass is 380 g/mol. The van der Waals surface area contributed by atoms with Gasteiger partial charge in [-0.05, 0) is 39.7 Å². The molecule has 0 bridgehead atoms. The minimum Gasteiger partial charge on any atom is -0.493 e. The zero-order chi connectivity index (χ0) is 20.2. The lowest BCUT2D eigenvalue weighted by Gasteiger charge is -2.25. The Bertz CT molecular complexity index is 698. The van der Waals surface area contributed by atoms with Crippen LogP contribution in [-0.4, -0.2) is 61.0 Å². The molecule has 0 radical (unpaired) electrons. The van der Waals surface area contributed by atoms with Crippen molar-refractivity contribution in [2.24, 2.45) is 0 Å². The molecular weight excluding hydrogens is 352 g/mol. The molecule has 0 saturated carbocycles. The van der Waals surface area contributed by atoms with Crippen molar-refractivity contribution >= 4 is 17.7 Å². The van der Waals surface area contributed by atoms with Gasteiger partial charge in [-0.25, -0.2) is 4.79 Å². The van der Waals surface area contributed by atoms with Gasteiger partial charge in [-0.1, -0.05) is 0 Å². The van der Waals surface area contributed by atoms with Crippen LogP contribution >= 0.6 is 0 Å². The highest BCUT2D eigenvalue weighted by molar-refractivity contribution is 6.03. The van der Waals surface area contributed by atoms with E-state index in [-0.39, 0.29) is 29.8 Å². The Labute approximate surface area is 159 Å². The standard InChI is InChI=1S/C19H28N2O6/c1-19(2,3)27-18(24)20-14-10-16(26-5)15(25-4)9-13(14)17(23)21-8-6-7-12(21)11-22/h9-10,12,22H,6-8,11H2,1-5H3,(H,20,24)/t12-/m0/s1. The molecule has 1 aliphatic heterocycles. The van der Waals surface area contributed by atoms with Gasteiger partial charge in [0.15, 0.2) is 11.5 Å². The lowest BCUT2D eigenvalue weighted by molar-refractivity contribution is 0.0635. The minimum atomic E-state index is -0.679. The SMILES string of the molecule is COc1cc(NC(=O)OC(C)(C)C)c(C(=O)N2CCC[C@H]2CO)cc1OC. The summed E-state index contributed by atoms with van der Waals surface area (Å²) in [6.45, 7) is 5.70. The highest BCUT2D eigenvalue weighted by atomic mass is 16.6. The molecule has 0 aromatic heterocycles. The van der Waals surface area contributed by atoms with Crippen molar-refractivity contribution in [2.75, 3.05) is 32.7 Å². The number of nitrogens with zero attached hydrogens (tertiary/aromatic N) is 1. The van der Waals surface area contributed by atoms with E-state index in [1.165, 1.54) is 26.4 Å². The highest BCUT2D eigenvalue weighted by Crippen LogP contribution is 2.35. The fourth-order valence-electron chi connectivity index (χ4n) is 3.02. The molecule has 27 heavy (non-hydrogen) atoms. The zero-order valence-electron chi connectivity index (χ0n) is 16.5. The number of likely N-dealkylation sites (tertiary alicyclic amines) is 1. The van der Waals surface area contributed by atoms with Crippen molar-refractivity contribution < 1.29 is 28.9 Å². The summed E-state index contributed by atoms with van der Waals surface area (Å²) in [4.78, 5) is 26.9. The molecule has 1 heterocycles. The lowest BCUT2D eigenvalue weighted by Crippen LogP contribution is -2.38. The number of aliphatic hydroxyl groups excluding tert-OH is 1. The van der Waals surface area contributed by atoms with Gasteiger partial charge in [0, 0.05) is 12.6 Å². The third-order valence-electron chi connectivity index (χ3n) is 4.24. The Kier molecular flexibility index (Phi) is 6.54. The molecular formula is C19H28N2O6. The third kappa shape index (κ3) is 5.03. The number of hydrogen-bond donors (Lipinski definition) is 2. The van der Waals surface area contributed by atoms with Crippen molar-refractivity contribution in [1.82, 2.24) is 4.90 Å². The summed E-state index contributed by atoms with van der Waals surface area (Å²) < 4.78 is 15.9. The van der Waals surface area contributed by atoms with Crippen LogP contribution in [0.3, 0.4) is 0 Å². The average Bonchev–Trinajstić information content (AvgIpc) is 3.07. The molecule has 1 aromatic carbocycles. The van der Waals surface area contributed by atoms with Crippen LogP contribution in [0.4, 0.5) is 10.5 Å². The summed E-state index contributed by atoms with van der Waals surface area (Å²) in [5.41, 5.74) is -0.170. The summed E-state index contributed by atoms with van der Waals surface area (Å²) in [5, 5.41) is 12.2. The molecule has 8 heteroatoms. The molecule has 0 spiro atoms. The second kappa shape index (κ2) is 8.47. The maximum absolute atomic E-state index is 13.1. The summed E-state index contributed by atoms with van der Waals surface area (Å²) in [7, 11) is 2.94. The fraction of sp³-hybridized carbons (Fsp3) is 0.579. The van der Waals surface area contributed by atoms with E-state index in [0.29, 0.717) is 18.0 Å². The number of rotatable bonds is 5. The first-order valence-corrected chi connectivity index (χ1v) is 8.88. The normalized spacial score (nSPS) is 16.8. The number of aliphatic hydroxyl groups is 1. The van der Waals surface area contributed by atoms with Gasteiger partial charge in [-0.3, -0.25) is 10.1 Å². The topological polar surface area (TPSA) is 97.3 Å². The summed E-state index contributed by atoms with van der Waals surface area (Å²) in [6, 6.07) is 2.82. The number of benzene rings is 1. The molecule has 1 aromatic rings. The number of carbonyl (C=O) groups is 2. The Balaban J connectivity index is 2.41. The van der Waals surface area contributed by atoms with Crippen LogP contribution in [0.5, 0.6) is 11.5 Å². The van der Waals surface area contributed by atoms with E-state index in [1.807, 2.05) is 0 Å². The van der Waals surface area contributed by atoms with Gasteiger partial charge < -0.3 is 24.2 Å². The van der Waals surface area contributed by atoms with E-state index in [9.17, 15) is 14.7 Å². The molecule has 1 saturated heterocycles. The molecule has 1 atom stereocenters. The average molecular weight is 380 g/mol. The Morgan fingerprint density at radius 3 is 2.41 bits per heavy atom. The molecule has 8 nitrogen and oxygen atoms in total. The number of anilines is 1. The largest absolute Gasteiger partial charge is 0.493 e. The Hall–Kier alpha value is -2.48. The van der Waals surface area contributed by atoms with Crippen molar-refractivity contribution in [2.45, 2.75) is 45.3 Å². The predicted molar refractivity (Wildman–Crippen MR) is 101 cm³/mol. The molecule has 2 amide bonds. The second-order valence-corrected chi connectivity index (χ2v) is 7.36. The Morgan fingerprint density at radius 1 is 1.22 bits per heavy atom. The van der Waals surface area contributed by atoms with E-state index in [0.717, 1.165) is 12.8 Å². The molecule has 2 N–H and O–H groups in total. The zero-order valence-corrected chi connectivity index (χ0v) is 16.5. The first-order valence-electron chi connectivity index (χ1n) is 8.88. The van der Waals surface area contributed by atoms with Crippen LogP contribution in [0, 0.1) is 0 Å². The summed E-state index contributed by atoms with van der Waals surface area (Å²) in [6.07, 6.45) is 0.882. The van der Waals surface area contributed by atoms with Gasteiger partial charge >= 0.3 is 6.09 Å². The lowest BCUT2D eigenvalue weighted by atomic mass is 10.1. The molecule has 1 fully saturated rings. The quantitative estimate of drug-likeness (QED) is 0.815. The smallest absolute Gasteiger partial charge is 0.412 e. The number of amides is 2. The molecule has 150 valence electrons. The van der Waals surface area contributed by atoms with Crippen LogP contribution in [0.2, 0.25) is 0 Å². The first-order chi connectivity index (χ1) is 12.7. The Morgan fingerprint density at radius 2 is 1.85 bits per heavy atom. The van der Waals surface area contributed by atoms with Gasteiger partial charge in [0.1, 0.15) is 5.60 Å². The van der Waals surface area contributed by atoms with Gasteiger partial charge in [0.05, 0.1) is 38.1 Å². The van der Waals surface area contributed by atoms with Crippen LogP contribution in [0.1, 0.15) is 44.0 Å². The maximum Gasteiger partial charge on any atom is 0.412 e. The predicted octanol–water partition coefficient (Wildman–Crippen LogP) is 2.65. The van der Waals surface area contributed by atoms with Gasteiger partial charge in [-0.2, -0.15) is 0 Å². The molecule has 1 aliphatic rings. The summed E-state index contributed by atoms with van der Waals surface area (Å²) in [5.74, 6) is 0.453. The van der Waals surface area contributed by atoms with Crippen LogP contribution in [-0.2, 0) is 4.74 Å². The van der Waals surface area contributed by atoms with Gasteiger partial charge in [0.2, 0.25) is 0 Å². The number of methoxy groups -OCH3 is 2. The van der Waals surface area contributed by atoms with E-state index in [2.05, 4.69) is 5.32 Å². The molecule has 0 aliphatic carbocycles. The molecule has 0 unspecified atom stereocenters. The van der Waals surface area contributed by atoms with Crippen molar-refractivity contribution in [3.63, 3.8) is 0 Å². The van der Waals surface area contributed by atoms with Crippen LogP contribution in [0.25, 0.3) is 0 Å². The van der Waals surface area contributed by atoms with Crippen molar-refractivity contribution in [3.05, 3.63) is 17.7 Å². The fourth-order valence-corrected chi connectivity index (χ4v) is 3.02. The number of hydrogen-bond acceptors (Lipinski definition) is 6. The van der Waals surface area contributed by atoms with E-state index < -0.39 is 11.7 Å². The minimum absolute atomic E-state index is 0.103. The highest BCUT2D eigenvalue weighted by Gasteiger charge is 2.31. The van der Waals surface area contributed by atoms with E-state index >= 15 is 0 Å². The van der Waals surface area contributed by atoms with Gasteiger partial charge in [0.25, 0.3) is 5.91 Å². The number of carbonyl (C=O) groups excluding carboxylic acids is 2.